The predicted molar refractivity (Wildman–Crippen MR) is 90.9 cm³/mol. The zero-order valence-electron chi connectivity index (χ0n) is 14.1. The summed E-state index contributed by atoms with van der Waals surface area (Å²) in [5, 5.41) is 9.67. The molecular formula is C19H30O2. The third kappa shape index (κ3) is 6.81. The maximum absolute atomic E-state index is 9.67. The molecule has 0 aliphatic rings. The second kappa shape index (κ2) is 8.23. The molecule has 0 aliphatic carbocycles. The minimum absolute atomic E-state index is 0.523. The number of hydrogen-bond acceptors (Lipinski definition) is 2. The molecule has 1 aromatic rings. The second-order valence-corrected chi connectivity index (χ2v) is 6.62. The summed E-state index contributed by atoms with van der Waals surface area (Å²) in [5.74, 6) is 1.45. The zero-order valence-corrected chi connectivity index (χ0v) is 14.1. The van der Waals surface area contributed by atoms with Crippen molar-refractivity contribution in [2.45, 2.75) is 64.9 Å². The fourth-order valence-corrected chi connectivity index (χ4v) is 2.27. The predicted octanol–water partition coefficient (Wildman–Crippen LogP) is 5.16. The van der Waals surface area contributed by atoms with Crippen LogP contribution in [-0.4, -0.2) is 17.8 Å². The normalized spacial score (nSPS) is 12.3. The Balaban J connectivity index is 2.56. The maximum atomic E-state index is 9.67. The second-order valence-electron chi connectivity index (χ2n) is 6.62. The van der Waals surface area contributed by atoms with E-state index in [2.05, 4.69) is 38.1 Å². The minimum atomic E-state index is -0.543. The van der Waals surface area contributed by atoms with Crippen molar-refractivity contribution >= 4 is 6.08 Å². The Morgan fingerprint density at radius 2 is 1.95 bits per heavy atom. The Kier molecular flexibility index (Phi) is 6.97. The van der Waals surface area contributed by atoms with Gasteiger partial charge in [0.25, 0.3) is 0 Å². The Labute approximate surface area is 129 Å². The van der Waals surface area contributed by atoms with Crippen molar-refractivity contribution in [2.24, 2.45) is 0 Å². The van der Waals surface area contributed by atoms with E-state index in [1.54, 1.807) is 7.11 Å². The first-order chi connectivity index (χ1) is 9.83. The summed E-state index contributed by atoms with van der Waals surface area (Å²) < 4.78 is 5.42. The molecule has 0 spiro atoms. The Morgan fingerprint density at radius 3 is 2.52 bits per heavy atom. The van der Waals surface area contributed by atoms with Gasteiger partial charge in [0.2, 0.25) is 0 Å². The fourth-order valence-electron chi connectivity index (χ4n) is 2.27. The largest absolute Gasteiger partial charge is 0.496 e. The van der Waals surface area contributed by atoms with Crippen molar-refractivity contribution in [1.82, 2.24) is 0 Å². The van der Waals surface area contributed by atoms with Crippen molar-refractivity contribution in [1.29, 1.82) is 0 Å². The van der Waals surface area contributed by atoms with Crippen LogP contribution in [0.3, 0.4) is 0 Å². The van der Waals surface area contributed by atoms with Crippen molar-refractivity contribution in [3.8, 4) is 5.75 Å². The van der Waals surface area contributed by atoms with Crippen LogP contribution in [0.4, 0.5) is 0 Å². The van der Waals surface area contributed by atoms with Crippen LogP contribution in [-0.2, 0) is 0 Å². The topological polar surface area (TPSA) is 29.5 Å². The van der Waals surface area contributed by atoms with Gasteiger partial charge in [-0.05, 0) is 56.7 Å². The Hall–Kier alpha value is -1.28. The quantitative estimate of drug-likeness (QED) is 0.670. The van der Waals surface area contributed by atoms with Crippen LogP contribution in [0.2, 0.25) is 0 Å². The van der Waals surface area contributed by atoms with Crippen LogP contribution in [0.25, 0.3) is 6.08 Å². The number of benzene rings is 1. The molecule has 0 unspecified atom stereocenters. The van der Waals surface area contributed by atoms with Gasteiger partial charge in [-0.15, -0.1) is 0 Å². The molecule has 118 valence electrons. The van der Waals surface area contributed by atoms with Gasteiger partial charge in [-0.2, -0.15) is 0 Å². The van der Waals surface area contributed by atoms with Crippen molar-refractivity contribution in [2.75, 3.05) is 7.11 Å². The number of unbranched alkanes of at least 4 members (excludes halogenated alkanes) is 2. The molecule has 0 radical (unpaired) electrons. The molecule has 2 nitrogen and oxygen atoms in total. The summed E-state index contributed by atoms with van der Waals surface area (Å²) >= 11 is 0. The van der Waals surface area contributed by atoms with Gasteiger partial charge in [0.1, 0.15) is 5.75 Å². The van der Waals surface area contributed by atoms with E-state index in [1.165, 1.54) is 5.56 Å². The van der Waals surface area contributed by atoms with Crippen LogP contribution in [0, 0.1) is 0 Å². The van der Waals surface area contributed by atoms with Gasteiger partial charge in [-0.3, -0.25) is 0 Å². The smallest absolute Gasteiger partial charge is 0.126 e. The van der Waals surface area contributed by atoms with Crippen molar-refractivity contribution in [3.05, 3.63) is 35.4 Å². The van der Waals surface area contributed by atoms with Crippen LogP contribution in [0.15, 0.2) is 24.3 Å². The lowest BCUT2D eigenvalue weighted by Crippen LogP contribution is -2.17. The van der Waals surface area contributed by atoms with Crippen LogP contribution < -0.4 is 4.74 Å². The van der Waals surface area contributed by atoms with Gasteiger partial charge in [0, 0.05) is 5.56 Å². The summed E-state index contributed by atoms with van der Waals surface area (Å²) in [5.41, 5.74) is 1.93. The maximum Gasteiger partial charge on any atom is 0.126 e. The van der Waals surface area contributed by atoms with E-state index in [9.17, 15) is 5.11 Å². The molecule has 0 aromatic heterocycles. The highest BCUT2D eigenvalue weighted by Gasteiger charge is 2.10. The molecule has 0 aliphatic heterocycles. The Bertz CT molecular complexity index is 453. The molecule has 0 fully saturated rings. The highest BCUT2D eigenvalue weighted by Crippen LogP contribution is 2.25. The molecule has 0 saturated carbocycles. The van der Waals surface area contributed by atoms with E-state index >= 15 is 0 Å². The molecule has 21 heavy (non-hydrogen) atoms. The SMILES string of the molecule is COc1ccc(C(C)C)cc1/C=C/CCCCC(C)(C)O. The van der Waals surface area contributed by atoms with Gasteiger partial charge >= 0.3 is 0 Å². The van der Waals surface area contributed by atoms with E-state index in [0.717, 1.165) is 37.0 Å². The van der Waals surface area contributed by atoms with Crippen LogP contribution in [0.1, 0.15) is 70.4 Å². The summed E-state index contributed by atoms with van der Waals surface area (Å²) in [6.07, 6.45) is 8.39. The lowest BCUT2D eigenvalue weighted by atomic mass is 9.99. The minimum Gasteiger partial charge on any atom is -0.496 e. The van der Waals surface area contributed by atoms with E-state index < -0.39 is 5.60 Å². The van der Waals surface area contributed by atoms with E-state index in [0.29, 0.717) is 5.92 Å². The Morgan fingerprint density at radius 1 is 1.24 bits per heavy atom. The fraction of sp³-hybridized carbons (Fsp3) is 0.579. The molecule has 0 atom stereocenters. The van der Waals surface area contributed by atoms with Crippen molar-refractivity contribution < 1.29 is 9.84 Å². The first kappa shape index (κ1) is 17.8. The average Bonchev–Trinajstić information content (AvgIpc) is 2.41. The van der Waals surface area contributed by atoms with Gasteiger partial charge in [-0.1, -0.05) is 38.5 Å². The van der Waals surface area contributed by atoms with E-state index in [-0.39, 0.29) is 0 Å². The molecule has 1 rings (SSSR count). The van der Waals surface area contributed by atoms with Crippen molar-refractivity contribution in [3.63, 3.8) is 0 Å². The molecular weight excluding hydrogens is 260 g/mol. The highest BCUT2D eigenvalue weighted by molar-refractivity contribution is 5.58. The third-order valence-corrected chi connectivity index (χ3v) is 3.63. The summed E-state index contributed by atoms with van der Waals surface area (Å²) in [6.45, 7) is 8.13. The zero-order chi connectivity index (χ0) is 15.9. The molecule has 0 saturated heterocycles. The molecule has 0 bridgehead atoms. The molecule has 1 N–H and O–H groups in total. The van der Waals surface area contributed by atoms with Crippen LogP contribution in [0.5, 0.6) is 5.75 Å². The number of methoxy groups -OCH3 is 1. The number of rotatable bonds is 8. The summed E-state index contributed by atoms with van der Waals surface area (Å²) in [6, 6.07) is 6.38. The van der Waals surface area contributed by atoms with E-state index in [1.807, 2.05) is 19.9 Å². The standard InChI is InChI=1S/C19H30O2/c1-15(2)16-11-12-18(21-5)17(14-16)10-8-6-7-9-13-19(3,4)20/h8,10-12,14-15,20H,6-7,9,13H2,1-5H3/b10-8+. The number of hydrogen-bond donors (Lipinski definition) is 1. The first-order valence-corrected chi connectivity index (χ1v) is 7.90. The number of allylic oxidation sites excluding steroid dienone is 1. The number of aliphatic hydroxyl groups is 1. The summed E-state index contributed by atoms with van der Waals surface area (Å²) in [7, 11) is 1.71. The van der Waals surface area contributed by atoms with Gasteiger partial charge < -0.3 is 9.84 Å². The molecule has 1 aromatic carbocycles. The van der Waals surface area contributed by atoms with E-state index in [4.69, 9.17) is 4.74 Å². The highest BCUT2D eigenvalue weighted by atomic mass is 16.5. The lowest BCUT2D eigenvalue weighted by molar-refractivity contribution is 0.0683. The molecule has 0 amide bonds. The lowest BCUT2D eigenvalue weighted by Gasteiger charge is -2.15. The van der Waals surface area contributed by atoms with Gasteiger partial charge in [0.15, 0.2) is 0 Å². The molecule has 0 heterocycles. The molecule has 2 heteroatoms. The van der Waals surface area contributed by atoms with Gasteiger partial charge in [-0.25, -0.2) is 0 Å². The third-order valence-electron chi connectivity index (χ3n) is 3.63. The summed E-state index contributed by atoms with van der Waals surface area (Å²) in [4.78, 5) is 0. The monoisotopic (exact) mass is 290 g/mol. The average molecular weight is 290 g/mol. The number of ether oxygens (including phenoxy) is 1. The van der Waals surface area contributed by atoms with Gasteiger partial charge in [0.05, 0.1) is 12.7 Å². The first-order valence-electron chi connectivity index (χ1n) is 7.90. The van der Waals surface area contributed by atoms with Crippen LogP contribution >= 0.6 is 0 Å².